The highest BCUT2D eigenvalue weighted by molar-refractivity contribution is 6.08. The average molecular weight is 1060 g/mol. The molecular formula is C63H59N7O9. The Balaban J connectivity index is 0.000000157. The fourth-order valence-corrected chi connectivity index (χ4v) is 8.36. The number of benzene rings is 7. The van der Waals surface area contributed by atoms with Gasteiger partial charge >= 0.3 is 5.97 Å². The zero-order valence-electron chi connectivity index (χ0n) is 45.2. The minimum absolute atomic E-state index is 0.00789. The van der Waals surface area contributed by atoms with Crippen LogP contribution in [0.4, 0.5) is 0 Å². The van der Waals surface area contributed by atoms with Crippen molar-refractivity contribution in [3.8, 4) is 74.2 Å². The lowest BCUT2D eigenvalue weighted by Crippen LogP contribution is -2.25. The first-order valence-corrected chi connectivity index (χ1v) is 24.9. The van der Waals surface area contributed by atoms with Crippen molar-refractivity contribution < 1.29 is 43.3 Å². The molecule has 0 spiro atoms. The molecule has 0 aliphatic rings. The highest BCUT2D eigenvalue weighted by atomic mass is 16.7. The molecule has 0 radical (unpaired) electrons. The number of nitrogens with zero attached hydrogens (tertiary/aromatic N) is 7. The number of methoxy groups -OCH3 is 4. The van der Waals surface area contributed by atoms with Crippen LogP contribution in [0, 0.1) is 20.8 Å². The second-order valence-corrected chi connectivity index (χ2v) is 17.9. The molecule has 16 nitrogen and oxygen atoms in total. The smallest absolute Gasteiger partial charge is 0.356 e. The van der Waals surface area contributed by atoms with Gasteiger partial charge in [-0.3, -0.25) is 28.1 Å². The SMILES string of the molecule is COc1ccc(C(=O)c2cn(-c3ccc(C)cc3)c(-c3ccccc3OC)n2)cc1.COc1ccccc1-c1nc(C(=O)N(C)OC)cn1-c1ccc(C)cc1.COc1ccccc1-c1nc(C(=O)O)cn1-c1ccc(C)cc1. The van der Waals surface area contributed by atoms with Gasteiger partial charge in [0.15, 0.2) is 5.69 Å². The zero-order valence-corrected chi connectivity index (χ0v) is 45.2. The van der Waals surface area contributed by atoms with Crippen LogP contribution in [0.25, 0.3) is 51.2 Å². The summed E-state index contributed by atoms with van der Waals surface area (Å²) in [7, 11) is 9.41. The molecule has 7 aromatic carbocycles. The maximum atomic E-state index is 13.1. The van der Waals surface area contributed by atoms with Crippen LogP contribution in [0.2, 0.25) is 0 Å². The van der Waals surface area contributed by atoms with Crippen LogP contribution in [0.1, 0.15) is 53.7 Å². The first-order chi connectivity index (χ1) is 38.2. The molecular weight excluding hydrogens is 999 g/mol. The molecule has 0 saturated carbocycles. The molecule has 3 aromatic heterocycles. The summed E-state index contributed by atoms with van der Waals surface area (Å²) >= 11 is 0. The molecule has 0 bridgehead atoms. The Kier molecular flexibility index (Phi) is 17.6. The van der Waals surface area contributed by atoms with Crippen molar-refractivity contribution in [1.29, 1.82) is 0 Å². The molecule has 3 heterocycles. The fourth-order valence-electron chi connectivity index (χ4n) is 8.36. The van der Waals surface area contributed by atoms with Crippen LogP contribution in [0.3, 0.4) is 0 Å². The Labute approximate surface area is 458 Å². The van der Waals surface area contributed by atoms with Crippen molar-refractivity contribution in [2.24, 2.45) is 0 Å². The molecule has 1 N–H and O–H groups in total. The Morgan fingerprint density at radius 2 is 0.772 bits per heavy atom. The van der Waals surface area contributed by atoms with Gasteiger partial charge in [-0.2, -0.15) is 0 Å². The number of amides is 1. The number of carbonyl (C=O) groups excluding carboxylic acids is 2. The van der Waals surface area contributed by atoms with Crippen molar-refractivity contribution in [2.45, 2.75) is 20.8 Å². The number of hydrogen-bond donors (Lipinski definition) is 1. The first kappa shape index (κ1) is 55.2. The van der Waals surface area contributed by atoms with Gasteiger partial charge in [0.25, 0.3) is 5.91 Å². The standard InChI is InChI=1S/C25H22N2O3.C20H21N3O3.C18H16N2O3/c1-17-8-12-19(13-9-17)27-16-22(24(28)18-10-14-20(29-2)15-11-18)26-25(27)21-6-4-5-7-23(21)30-3;1-14-9-11-15(12-10-14)23-13-17(20(24)22(2)26-4)21-19(23)16-7-5-6-8-18(16)25-3;1-12-7-9-13(10-8-12)20-11-15(18(21)22)19-17(20)14-5-3-4-6-16(14)23-2/h4-16H,1-3H3;5-13H,1-4H3;3-11H,1-2H3,(H,21,22). The van der Waals surface area contributed by atoms with E-state index in [1.54, 1.807) is 76.7 Å². The van der Waals surface area contributed by atoms with Gasteiger partial charge in [-0.05, 0) is 118 Å². The second-order valence-electron chi connectivity index (χ2n) is 17.9. The molecule has 0 atom stereocenters. The number of ether oxygens (including phenoxy) is 4. The number of rotatable bonds is 15. The third-order valence-electron chi connectivity index (χ3n) is 12.7. The summed E-state index contributed by atoms with van der Waals surface area (Å²) in [5, 5.41) is 10.4. The van der Waals surface area contributed by atoms with E-state index in [1.165, 1.54) is 13.3 Å². The van der Waals surface area contributed by atoms with E-state index in [0.29, 0.717) is 51.7 Å². The minimum atomic E-state index is -1.06. The summed E-state index contributed by atoms with van der Waals surface area (Å²) in [6, 6.07) is 53.6. The lowest BCUT2D eigenvalue weighted by atomic mass is 10.1. The number of aryl methyl sites for hydroxylation is 3. The van der Waals surface area contributed by atoms with E-state index in [4.69, 9.17) is 28.8 Å². The van der Waals surface area contributed by atoms with E-state index in [0.717, 1.165) is 55.5 Å². The fraction of sp³-hybridized carbons (Fsp3) is 0.143. The Hall–Kier alpha value is -10.1. The number of ketones is 1. The van der Waals surface area contributed by atoms with Crippen molar-refractivity contribution in [3.05, 3.63) is 228 Å². The predicted octanol–water partition coefficient (Wildman–Crippen LogP) is 12.1. The number of para-hydroxylation sites is 3. The summed E-state index contributed by atoms with van der Waals surface area (Å²) in [5.41, 5.74) is 9.66. The van der Waals surface area contributed by atoms with Gasteiger partial charge < -0.3 is 24.1 Å². The van der Waals surface area contributed by atoms with E-state index in [-0.39, 0.29) is 23.1 Å². The summed E-state index contributed by atoms with van der Waals surface area (Å²) in [6.45, 7) is 6.07. The summed E-state index contributed by atoms with van der Waals surface area (Å²) in [4.78, 5) is 55.5. The van der Waals surface area contributed by atoms with Crippen LogP contribution in [-0.2, 0) is 4.84 Å². The zero-order chi connectivity index (χ0) is 56.2. The molecule has 0 unspecified atom stereocenters. The maximum absolute atomic E-state index is 13.1. The average Bonchev–Trinajstić information content (AvgIpc) is 4.34. The molecule has 79 heavy (non-hydrogen) atoms. The Bertz CT molecular complexity index is 3710. The number of aromatic nitrogens is 6. The van der Waals surface area contributed by atoms with Gasteiger partial charge in [-0.15, -0.1) is 0 Å². The Morgan fingerprint density at radius 1 is 0.430 bits per heavy atom. The highest BCUT2D eigenvalue weighted by Gasteiger charge is 2.23. The Morgan fingerprint density at radius 3 is 1.13 bits per heavy atom. The van der Waals surface area contributed by atoms with Gasteiger partial charge in [-0.1, -0.05) is 89.5 Å². The number of hydrogen-bond acceptors (Lipinski definition) is 11. The maximum Gasteiger partial charge on any atom is 0.356 e. The minimum Gasteiger partial charge on any atom is -0.497 e. The van der Waals surface area contributed by atoms with Crippen LogP contribution in [0.15, 0.2) is 188 Å². The molecule has 10 aromatic rings. The summed E-state index contributed by atoms with van der Waals surface area (Å²) in [5.74, 6) is 2.98. The highest BCUT2D eigenvalue weighted by Crippen LogP contribution is 2.34. The molecule has 0 saturated heterocycles. The molecule has 1 amide bonds. The van der Waals surface area contributed by atoms with E-state index >= 15 is 0 Å². The normalized spacial score (nSPS) is 10.6. The quantitative estimate of drug-likeness (QED) is 0.0761. The second kappa shape index (κ2) is 25.2. The topological polar surface area (TPSA) is 174 Å². The monoisotopic (exact) mass is 1060 g/mol. The number of imidazole rings is 3. The van der Waals surface area contributed by atoms with Crippen molar-refractivity contribution >= 4 is 17.7 Å². The third kappa shape index (κ3) is 12.6. The van der Waals surface area contributed by atoms with Crippen LogP contribution >= 0.6 is 0 Å². The van der Waals surface area contributed by atoms with Crippen LogP contribution < -0.4 is 18.9 Å². The molecule has 0 aliphatic heterocycles. The largest absolute Gasteiger partial charge is 0.497 e. The third-order valence-corrected chi connectivity index (χ3v) is 12.7. The van der Waals surface area contributed by atoms with E-state index in [1.807, 2.05) is 175 Å². The van der Waals surface area contributed by atoms with E-state index in [2.05, 4.69) is 9.97 Å². The lowest BCUT2D eigenvalue weighted by molar-refractivity contribution is -0.0760. The lowest BCUT2D eigenvalue weighted by Gasteiger charge is -2.11. The summed E-state index contributed by atoms with van der Waals surface area (Å²) < 4.78 is 27.1. The van der Waals surface area contributed by atoms with Crippen molar-refractivity contribution in [1.82, 2.24) is 33.7 Å². The molecule has 16 heteroatoms. The predicted molar refractivity (Wildman–Crippen MR) is 303 cm³/mol. The number of hydroxylamine groups is 2. The number of carbonyl (C=O) groups is 3. The first-order valence-electron chi connectivity index (χ1n) is 24.9. The number of aromatic carboxylic acids is 1. The van der Waals surface area contributed by atoms with Gasteiger partial charge in [0.05, 0.1) is 52.2 Å². The molecule has 10 rings (SSSR count). The molecule has 0 fully saturated rings. The van der Waals surface area contributed by atoms with Gasteiger partial charge in [0.2, 0.25) is 5.78 Å². The van der Waals surface area contributed by atoms with Crippen LogP contribution in [0.5, 0.6) is 23.0 Å². The van der Waals surface area contributed by atoms with Crippen LogP contribution in [-0.4, -0.2) is 99.1 Å². The van der Waals surface area contributed by atoms with Gasteiger partial charge in [0.1, 0.15) is 51.9 Å². The van der Waals surface area contributed by atoms with E-state index < -0.39 is 5.97 Å². The molecule has 400 valence electrons. The van der Waals surface area contributed by atoms with E-state index in [9.17, 15) is 19.5 Å². The van der Waals surface area contributed by atoms with Crippen molar-refractivity contribution in [2.75, 3.05) is 42.6 Å². The van der Waals surface area contributed by atoms with Gasteiger partial charge in [-0.25, -0.2) is 24.8 Å². The number of carboxylic acids is 1. The van der Waals surface area contributed by atoms with Gasteiger partial charge in [0, 0.05) is 48.3 Å². The van der Waals surface area contributed by atoms with Crippen molar-refractivity contribution in [3.63, 3.8) is 0 Å². The number of carboxylic acid groups (broad SMARTS) is 1. The molecule has 0 aliphatic carbocycles. The summed E-state index contributed by atoms with van der Waals surface area (Å²) in [6.07, 6.45) is 5.01.